The standard InChI is InChI=1S/C21H24N2O2.C3H8.C2H6/c1-2-14-22-15-16-23-21(25)13-12-20(24)19-10-8-18(9-11-19)17-6-4-3-5-7-17;1-3-2;1-2/h3-11,15-16,22H,2,12-14H2,1H3,(H,23,25);3H2,1-2H3;1-2H3/b16-15+;;. The fourth-order valence-electron chi connectivity index (χ4n) is 2.34. The molecule has 0 radical (unpaired) electrons. The number of hydrogen-bond donors (Lipinski definition) is 2. The van der Waals surface area contributed by atoms with Crippen molar-refractivity contribution in [2.24, 2.45) is 0 Å². The minimum absolute atomic E-state index is 0.0251. The lowest BCUT2D eigenvalue weighted by molar-refractivity contribution is -0.120. The first-order valence-electron chi connectivity index (χ1n) is 11.0. The largest absolute Gasteiger partial charge is 0.390 e. The van der Waals surface area contributed by atoms with Gasteiger partial charge in [0.1, 0.15) is 0 Å². The molecule has 2 aromatic carbocycles. The lowest BCUT2D eigenvalue weighted by Crippen LogP contribution is -2.19. The van der Waals surface area contributed by atoms with Crippen LogP contribution in [0.3, 0.4) is 0 Å². The van der Waals surface area contributed by atoms with Gasteiger partial charge in [0.25, 0.3) is 0 Å². The molecule has 4 heteroatoms. The summed E-state index contributed by atoms with van der Waals surface area (Å²) in [6.07, 6.45) is 5.92. The predicted octanol–water partition coefficient (Wildman–Crippen LogP) is 6.35. The SMILES string of the molecule is CC.CCC.CCCN/C=C/NC(=O)CCC(=O)c1ccc(-c2ccccc2)cc1. The molecular formula is C26H38N2O2. The monoisotopic (exact) mass is 410 g/mol. The zero-order valence-electron chi connectivity index (χ0n) is 19.2. The number of amides is 1. The topological polar surface area (TPSA) is 58.2 Å². The maximum atomic E-state index is 12.2. The maximum absolute atomic E-state index is 12.2. The van der Waals surface area contributed by atoms with Crippen LogP contribution in [0.5, 0.6) is 0 Å². The summed E-state index contributed by atoms with van der Waals surface area (Å²) >= 11 is 0. The summed E-state index contributed by atoms with van der Waals surface area (Å²) in [6.45, 7) is 11.2. The molecule has 1 amide bonds. The maximum Gasteiger partial charge on any atom is 0.224 e. The quantitative estimate of drug-likeness (QED) is 0.374. The summed E-state index contributed by atoms with van der Waals surface area (Å²) in [4.78, 5) is 23.9. The summed E-state index contributed by atoms with van der Waals surface area (Å²) in [7, 11) is 0. The first-order chi connectivity index (χ1) is 14.6. The Labute approximate surface area is 182 Å². The van der Waals surface area contributed by atoms with E-state index in [1.165, 1.54) is 6.42 Å². The lowest BCUT2D eigenvalue weighted by Gasteiger charge is -2.04. The van der Waals surface area contributed by atoms with Crippen molar-refractivity contribution in [3.05, 3.63) is 72.6 Å². The Morgan fingerprint density at radius 1 is 0.800 bits per heavy atom. The molecule has 0 fully saturated rings. The molecular weight excluding hydrogens is 372 g/mol. The van der Waals surface area contributed by atoms with E-state index in [1.807, 2.05) is 68.4 Å². The Balaban J connectivity index is 0.00000154. The Hall–Kier alpha value is -2.88. The van der Waals surface area contributed by atoms with Gasteiger partial charge in [0.2, 0.25) is 5.91 Å². The molecule has 30 heavy (non-hydrogen) atoms. The molecule has 0 bridgehead atoms. The molecule has 0 spiro atoms. The van der Waals surface area contributed by atoms with Gasteiger partial charge in [-0.25, -0.2) is 0 Å². The summed E-state index contributed by atoms with van der Waals surface area (Å²) < 4.78 is 0. The van der Waals surface area contributed by atoms with E-state index in [0.717, 1.165) is 24.1 Å². The summed E-state index contributed by atoms with van der Waals surface area (Å²) in [5, 5.41) is 5.68. The van der Waals surface area contributed by atoms with E-state index in [-0.39, 0.29) is 24.5 Å². The van der Waals surface area contributed by atoms with Crippen LogP contribution in [-0.4, -0.2) is 18.2 Å². The first-order valence-corrected chi connectivity index (χ1v) is 11.0. The average molecular weight is 411 g/mol. The molecule has 0 saturated carbocycles. The van der Waals surface area contributed by atoms with Gasteiger partial charge in [0.15, 0.2) is 5.78 Å². The average Bonchev–Trinajstić information content (AvgIpc) is 2.80. The number of carbonyl (C=O) groups excluding carboxylic acids is 2. The predicted molar refractivity (Wildman–Crippen MR) is 128 cm³/mol. The number of nitrogens with one attached hydrogen (secondary N) is 2. The van der Waals surface area contributed by atoms with Crippen LogP contribution in [0.2, 0.25) is 0 Å². The van der Waals surface area contributed by atoms with E-state index in [4.69, 9.17) is 0 Å². The summed E-state index contributed by atoms with van der Waals surface area (Å²) in [6, 6.07) is 17.5. The second-order valence-corrected chi connectivity index (χ2v) is 6.43. The Morgan fingerprint density at radius 3 is 1.93 bits per heavy atom. The van der Waals surface area contributed by atoms with Gasteiger partial charge >= 0.3 is 0 Å². The lowest BCUT2D eigenvalue weighted by atomic mass is 10.0. The van der Waals surface area contributed by atoms with E-state index < -0.39 is 0 Å². The smallest absolute Gasteiger partial charge is 0.224 e. The fourth-order valence-corrected chi connectivity index (χ4v) is 2.34. The van der Waals surface area contributed by atoms with Gasteiger partial charge in [-0.05, 0) is 17.5 Å². The Kier molecular flexibility index (Phi) is 16.4. The minimum Gasteiger partial charge on any atom is -0.390 e. The van der Waals surface area contributed by atoms with Crippen molar-refractivity contribution in [2.75, 3.05) is 6.54 Å². The molecule has 0 heterocycles. The van der Waals surface area contributed by atoms with Crippen LogP contribution in [0, 0.1) is 0 Å². The number of benzene rings is 2. The zero-order valence-corrected chi connectivity index (χ0v) is 19.2. The van der Waals surface area contributed by atoms with Crippen molar-refractivity contribution in [2.45, 2.75) is 60.3 Å². The van der Waals surface area contributed by atoms with Gasteiger partial charge in [-0.1, -0.05) is 95.6 Å². The zero-order chi connectivity index (χ0) is 22.6. The van der Waals surface area contributed by atoms with E-state index in [1.54, 1.807) is 12.4 Å². The third-order valence-corrected chi connectivity index (χ3v) is 3.73. The van der Waals surface area contributed by atoms with Crippen LogP contribution >= 0.6 is 0 Å². The highest BCUT2D eigenvalue weighted by molar-refractivity contribution is 5.98. The molecule has 0 unspecified atom stereocenters. The molecule has 164 valence electrons. The van der Waals surface area contributed by atoms with Gasteiger partial charge < -0.3 is 10.6 Å². The van der Waals surface area contributed by atoms with Crippen LogP contribution in [0.1, 0.15) is 70.7 Å². The van der Waals surface area contributed by atoms with E-state index in [0.29, 0.717) is 5.56 Å². The van der Waals surface area contributed by atoms with Crippen LogP contribution in [0.15, 0.2) is 67.0 Å². The molecule has 0 atom stereocenters. The van der Waals surface area contributed by atoms with Gasteiger partial charge in [-0.2, -0.15) is 0 Å². The van der Waals surface area contributed by atoms with E-state index in [9.17, 15) is 9.59 Å². The van der Waals surface area contributed by atoms with E-state index in [2.05, 4.69) is 31.4 Å². The van der Waals surface area contributed by atoms with Crippen molar-refractivity contribution < 1.29 is 9.59 Å². The third kappa shape index (κ3) is 11.8. The Bertz CT molecular complexity index is 722. The highest BCUT2D eigenvalue weighted by atomic mass is 16.2. The number of Topliss-reactive ketones (excluding diaryl/α,β-unsaturated/α-hetero) is 1. The van der Waals surface area contributed by atoms with Crippen molar-refractivity contribution >= 4 is 11.7 Å². The molecule has 2 N–H and O–H groups in total. The highest BCUT2D eigenvalue weighted by Gasteiger charge is 2.09. The molecule has 4 nitrogen and oxygen atoms in total. The van der Waals surface area contributed by atoms with Gasteiger partial charge in [-0.3, -0.25) is 9.59 Å². The number of ketones is 1. The highest BCUT2D eigenvalue weighted by Crippen LogP contribution is 2.19. The van der Waals surface area contributed by atoms with Crippen LogP contribution in [0.4, 0.5) is 0 Å². The van der Waals surface area contributed by atoms with Gasteiger partial charge in [0, 0.05) is 37.3 Å². The van der Waals surface area contributed by atoms with Crippen molar-refractivity contribution in [1.82, 2.24) is 10.6 Å². The van der Waals surface area contributed by atoms with Gasteiger partial charge in [0.05, 0.1) is 0 Å². The van der Waals surface area contributed by atoms with Crippen molar-refractivity contribution in [3.63, 3.8) is 0 Å². The number of carbonyl (C=O) groups is 2. The van der Waals surface area contributed by atoms with Gasteiger partial charge in [-0.15, -0.1) is 0 Å². The second kappa shape index (κ2) is 18.2. The summed E-state index contributed by atoms with van der Waals surface area (Å²) in [5.74, 6) is -0.188. The van der Waals surface area contributed by atoms with Crippen LogP contribution < -0.4 is 10.6 Å². The number of hydrogen-bond acceptors (Lipinski definition) is 3. The van der Waals surface area contributed by atoms with Crippen molar-refractivity contribution in [1.29, 1.82) is 0 Å². The van der Waals surface area contributed by atoms with Crippen LogP contribution in [0.25, 0.3) is 11.1 Å². The van der Waals surface area contributed by atoms with E-state index >= 15 is 0 Å². The minimum atomic E-state index is -0.163. The molecule has 0 aliphatic rings. The molecule has 0 saturated heterocycles. The normalized spacial score (nSPS) is 9.63. The summed E-state index contributed by atoms with van der Waals surface area (Å²) in [5.41, 5.74) is 2.82. The first kappa shape index (κ1) is 27.1. The second-order valence-electron chi connectivity index (χ2n) is 6.43. The molecule has 0 aliphatic heterocycles. The third-order valence-electron chi connectivity index (χ3n) is 3.73. The number of rotatable bonds is 9. The fraction of sp³-hybridized carbons (Fsp3) is 0.385. The molecule has 0 aliphatic carbocycles. The van der Waals surface area contributed by atoms with Crippen molar-refractivity contribution in [3.8, 4) is 11.1 Å². The Morgan fingerprint density at radius 2 is 1.37 bits per heavy atom. The molecule has 2 aromatic rings. The molecule has 0 aromatic heterocycles. The van der Waals surface area contributed by atoms with Crippen LogP contribution in [-0.2, 0) is 4.79 Å². The molecule has 2 rings (SSSR count).